The number of aliphatic hydroxyl groups is 1. The Labute approximate surface area is 126 Å². The summed E-state index contributed by atoms with van der Waals surface area (Å²) in [6.45, 7) is 2.77. The van der Waals surface area contributed by atoms with E-state index >= 15 is 0 Å². The van der Waals surface area contributed by atoms with E-state index in [1.165, 1.54) is 0 Å². The number of rotatable bonds is 2. The van der Waals surface area contributed by atoms with Crippen LogP contribution >= 0.6 is 0 Å². The summed E-state index contributed by atoms with van der Waals surface area (Å²) in [6, 6.07) is 7.05. The molecule has 2 aliphatic rings. The van der Waals surface area contributed by atoms with Crippen LogP contribution in [0.4, 0.5) is 0 Å². The van der Waals surface area contributed by atoms with Crippen molar-refractivity contribution in [2.45, 2.75) is 49.5 Å². The van der Waals surface area contributed by atoms with E-state index in [4.69, 9.17) is 0 Å². The third-order valence-corrected chi connectivity index (χ3v) is 6.88. The Kier molecular flexibility index (Phi) is 3.84. The molecule has 4 nitrogen and oxygen atoms in total. The first-order valence-electron chi connectivity index (χ1n) is 7.71. The van der Waals surface area contributed by atoms with Gasteiger partial charge in [0, 0.05) is 19.0 Å². The molecule has 3 rings (SSSR count). The zero-order valence-corrected chi connectivity index (χ0v) is 13.3. The highest BCUT2D eigenvalue weighted by Crippen LogP contribution is 2.41. The highest BCUT2D eigenvalue weighted by Gasteiger charge is 2.45. The van der Waals surface area contributed by atoms with Gasteiger partial charge in [-0.1, -0.05) is 25.0 Å². The van der Waals surface area contributed by atoms with E-state index in [1.54, 1.807) is 22.5 Å². The molecule has 0 radical (unpaired) electrons. The lowest BCUT2D eigenvalue weighted by Gasteiger charge is -2.46. The standard InChI is InChI=1S/C16H23NO3S/c1-13-5-4-7-15(11-13)21(19,20)17-10-9-16(18)8-3-2-6-14(16)12-17/h4-5,7,11,14,18H,2-3,6,8-10,12H2,1H3. The summed E-state index contributed by atoms with van der Waals surface area (Å²) in [5.74, 6) is 0.0829. The SMILES string of the molecule is Cc1cccc(S(=O)(=O)N2CCC3(O)CCCCC3C2)c1. The van der Waals surface area contributed by atoms with Crippen molar-refractivity contribution < 1.29 is 13.5 Å². The maximum Gasteiger partial charge on any atom is 0.243 e. The Morgan fingerprint density at radius 3 is 2.86 bits per heavy atom. The molecule has 0 amide bonds. The van der Waals surface area contributed by atoms with Crippen molar-refractivity contribution >= 4 is 10.0 Å². The van der Waals surface area contributed by atoms with Crippen LogP contribution in [0, 0.1) is 12.8 Å². The Balaban J connectivity index is 1.84. The molecule has 116 valence electrons. The van der Waals surface area contributed by atoms with Crippen molar-refractivity contribution in [3.05, 3.63) is 29.8 Å². The van der Waals surface area contributed by atoms with E-state index in [1.807, 2.05) is 13.0 Å². The molecule has 2 fully saturated rings. The van der Waals surface area contributed by atoms with Crippen LogP contribution in [0.15, 0.2) is 29.2 Å². The number of fused-ring (bicyclic) bond motifs is 1. The molecule has 2 atom stereocenters. The molecule has 1 saturated heterocycles. The molecule has 5 heteroatoms. The molecular weight excluding hydrogens is 286 g/mol. The highest BCUT2D eigenvalue weighted by atomic mass is 32.2. The molecule has 1 aromatic rings. The van der Waals surface area contributed by atoms with Gasteiger partial charge < -0.3 is 5.11 Å². The monoisotopic (exact) mass is 309 g/mol. The van der Waals surface area contributed by atoms with Crippen LogP contribution in [0.5, 0.6) is 0 Å². The number of hydrogen-bond donors (Lipinski definition) is 1. The molecule has 21 heavy (non-hydrogen) atoms. The molecule has 1 aliphatic carbocycles. The molecular formula is C16H23NO3S. The van der Waals surface area contributed by atoms with E-state index in [2.05, 4.69) is 0 Å². The Morgan fingerprint density at radius 1 is 1.29 bits per heavy atom. The first-order chi connectivity index (χ1) is 9.92. The molecule has 0 aromatic heterocycles. The van der Waals surface area contributed by atoms with Gasteiger partial charge in [-0.15, -0.1) is 0 Å². The number of aryl methyl sites for hydroxylation is 1. The van der Waals surface area contributed by atoms with E-state index in [9.17, 15) is 13.5 Å². The molecule has 1 saturated carbocycles. The van der Waals surface area contributed by atoms with Crippen molar-refractivity contribution in [1.82, 2.24) is 4.31 Å². The van der Waals surface area contributed by atoms with E-state index < -0.39 is 15.6 Å². The van der Waals surface area contributed by atoms with Gasteiger partial charge in [0.25, 0.3) is 0 Å². The van der Waals surface area contributed by atoms with Crippen LogP contribution in [0.1, 0.15) is 37.7 Å². The summed E-state index contributed by atoms with van der Waals surface area (Å²) < 4.78 is 27.1. The van der Waals surface area contributed by atoms with Crippen LogP contribution < -0.4 is 0 Å². The minimum absolute atomic E-state index is 0.0829. The molecule has 0 spiro atoms. The maximum atomic E-state index is 12.8. The normalized spacial score (nSPS) is 30.9. The van der Waals surface area contributed by atoms with Crippen LogP contribution in [-0.4, -0.2) is 36.5 Å². The van der Waals surface area contributed by atoms with Gasteiger partial charge in [-0.2, -0.15) is 4.31 Å². The van der Waals surface area contributed by atoms with E-state index in [0.29, 0.717) is 24.4 Å². The smallest absolute Gasteiger partial charge is 0.243 e. The van der Waals surface area contributed by atoms with Gasteiger partial charge in [0.2, 0.25) is 10.0 Å². The maximum absolute atomic E-state index is 12.8. The van der Waals surface area contributed by atoms with Crippen LogP contribution in [0.25, 0.3) is 0 Å². The van der Waals surface area contributed by atoms with Crippen molar-refractivity contribution in [2.24, 2.45) is 5.92 Å². The summed E-state index contributed by atoms with van der Waals surface area (Å²) in [4.78, 5) is 0.365. The predicted molar refractivity (Wildman–Crippen MR) is 81.5 cm³/mol. The Morgan fingerprint density at radius 2 is 2.10 bits per heavy atom. The molecule has 1 heterocycles. The summed E-state index contributed by atoms with van der Waals surface area (Å²) in [6.07, 6.45) is 4.44. The average molecular weight is 309 g/mol. The number of piperidine rings is 1. The lowest BCUT2D eigenvalue weighted by atomic mass is 9.72. The average Bonchev–Trinajstić information content (AvgIpc) is 2.46. The minimum Gasteiger partial charge on any atom is -0.390 e. The van der Waals surface area contributed by atoms with Crippen molar-refractivity contribution in [3.63, 3.8) is 0 Å². The number of nitrogens with zero attached hydrogens (tertiary/aromatic N) is 1. The third kappa shape index (κ3) is 2.74. The Hall–Kier alpha value is -0.910. The topological polar surface area (TPSA) is 57.6 Å². The van der Waals surface area contributed by atoms with E-state index in [-0.39, 0.29) is 5.92 Å². The molecule has 0 bridgehead atoms. The lowest BCUT2D eigenvalue weighted by Crippen LogP contribution is -2.54. The van der Waals surface area contributed by atoms with Crippen LogP contribution in [0.3, 0.4) is 0 Å². The first kappa shape index (κ1) is 15.0. The number of hydrogen-bond acceptors (Lipinski definition) is 3. The summed E-state index contributed by atoms with van der Waals surface area (Å²) in [7, 11) is -3.44. The summed E-state index contributed by atoms with van der Waals surface area (Å²) >= 11 is 0. The Bertz CT molecular complexity index is 628. The fourth-order valence-corrected chi connectivity index (χ4v) is 5.27. The van der Waals surface area contributed by atoms with Crippen molar-refractivity contribution in [1.29, 1.82) is 0 Å². The zero-order valence-electron chi connectivity index (χ0n) is 12.5. The minimum atomic E-state index is -3.44. The van der Waals surface area contributed by atoms with Crippen molar-refractivity contribution in [3.8, 4) is 0 Å². The second-order valence-corrected chi connectivity index (χ2v) is 8.41. The van der Waals surface area contributed by atoms with Gasteiger partial charge in [0.15, 0.2) is 0 Å². The molecule has 2 unspecified atom stereocenters. The largest absolute Gasteiger partial charge is 0.390 e. The summed E-state index contributed by atoms with van der Waals surface area (Å²) in [5, 5.41) is 10.7. The molecule has 1 aliphatic heterocycles. The van der Waals surface area contributed by atoms with Crippen LogP contribution in [-0.2, 0) is 10.0 Å². The fourth-order valence-electron chi connectivity index (χ4n) is 3.68. The highest BCUT2D eigenvalue weighted by molar-refractivity contribution is 7.89. The third-order valence-electron chi connectivity index (χ3n) is 5.02. The second kappa shape index (κ2) is 5.38. The zero-order chi connectivity index (χ0) is 15.1. The van der Waals surface area contributed by atoms with Gasteiger partial charge in [0.1, 0.15) is 0 Å². The fraction of sp³-hybridized carbons (Fsp3) is 0.625. The van der Waals surface area contributed by atoms with Crippen LogP contribution in [0.2, 0.25) is 0 Å². The molecule has 1 aromatic carbocycles. The summed E-state index contributed by atoms with van der Waals surface area (Å²) in [5.41, 5.74) is 0.305. The van der Waals surface area contributed by atoms with Gasteiger partial charge in [-0.05, 0) is 43.9 Å². The van der Waals surface area contributed by atoms with Crippen molar-refractivity contribution in [2.75, 3.05) is 13.1 Å². The van der Waals surface area contributed by atoms with Gasteiger partial charge >= 0.3 is 0 Å². The lowest BCUT2D eigenvalue weighted by molar-refractivity contribution is -0.0816. The molecule has 1 N–H and O–H groups in total. The predicted octanol–water partition coefficient (Wildman–Crippen LogP) is 2.31. The van der Waals surface area contributed by atoms with E-state index in [0.717, 1.165) is 31.2 Å². The number of benzene rings is 1. The van der Waals surface area contributed by atoms with Gasteiger partial charge in [-0.25, -0.2) is 8.42 Å². The quantitative estimate of drug-likeness (QED) is 0.912. The first-order valence-corrected chi connectivity index (χ1v) is 9.15. The second-order valence-electron chi connectivity index (χ2n) is 6.48. The number of sulfonamides is 1. The van der Waals surface area contributed by atoms with Gasteiger partial charge in [0.05, 0.1) is 10.5 Å². The van der Waals surface area contributed by atoms with Gasteiger partial charge in [-0.3, -0.25) is 0 Å².